The van der Waals surface area contributed by atoms with Crippen molar-refractivity contribution in [3.05, 3.63) is 11.8 Å². The van der Waals surface area contributed by atoms with Crippen LogP contribution in [-0.4, -0.2) is 62.5 Å². The molecule has 0 spiro atoms. The van der Waals surface area contributed by atoms with Crippen LogP contribution < -0.4 is 0 Å². The van der Waals surface area contributed by atoms with Gasteiger partial charge in [0.15, 0.2) is 6.29 Å². The lowest BCUT2D eigenvalue weighted by Crippen LogP contribution is -2.39. The van der Waals surface area contributed by atoms with Crippen LogP contribution in [0.2, 0.25) is 0 Å². The third kappa shape index (κ3) is 2.58. The van der Waals surface area contributed by atoms with Gasteiger partial charge < -0.3 is 9.64 Å². The predicted molar refractivity (Wildman–Crippen MR) is 57.5 cm³/mol. The molecule has 0 N–H and O–H groups in total. The Kier molecular flexibility index (Phi) is 3.38. The Morgan fingerprint density at radius 2 is 2.27 bits per heavy atom. The second-order valence-electron chi connectivity index (χ2n) is 4.26. The topological polar surface area (TPSA) is 32.8 Å². The number of carbonyl (C=O) groups is 1. The first kappa shape index (κ1) is 10.6. The van der Waals surface area contributed by atoms with Crippen molar-refractivity contribution in [2.75, 3.05) is 46.4 Å². The van der Waals surface area contributed by atoms with Crippen LogP contribution in [0.5, 0.6) is 0 Å². The number of ether oxygens (including phenoxy) is 1. The molecule has 0 aliphatic carbocycles. The lowest BCUT2D eigenvalue weighted by atomic mass is 10.1. The quantitative estimate of drug-likeness (QED) is 0.612. The van der Waals surface area contributed by atoms with Crippen molar-refractivity contribution in [1.29, 1.82) is 0 Å². The molecule has 0 radical (unpaired) electrons. The Hall–Kier alpha value is -0.870. The standard InChI is InChI=1S/C11H18N2O2/c1-12-7-10(6-11(12)9-14)8-13-2-4-15-5-3-13/h6,9-10H,2-5,7-8H2,1H3. The summed E-state index contributed by atoms with van der Waals surface area (Å²) >= 11 is 0. The Morgan fingerprint density at radius 1 is 1.53 bits per heavy atom. The lowest BCUT2D eigenvalue weighted by molar-refractivity contribution is -0.105. The zero-order chi connectivity index (χ0) is 10.7. The minimum Gasteiger partial charge on any atom is -0.379 e. The first-order valence-electron chi connectivity index (χ1n) is 5.48. The fourth-order valence-corrected chi connectivity index (χ4v) is 2.23. The van der Waals surface area contributed by atoms with E-state index < -0.39 is 0 Å². The molecule has 15 heavy (non-hydrogen) atoms. The van der Waals surface area contributed by atoms with Crippen LogP contribution in [0, 0.1) is 5.92 Å². The zero-order valence-electron chi connectivity index (χ0n) is 9.19. The number of hydrogen-bond donors (Lipinski definition) is 0. The third-order valence-electron chi connectivity index (χ3n) is 3.07. The normalized spacial score (nSPS) is 27.9. The van der Waals surface area contributed by atoms with Gasteiger partial charge in [-0.05, 0) is 0 Å². The van der Waals surface area contributed by atoms with Crippen molar-refractivity contribution in [2.24, 2.45) is 5.92 Å². The van der Waals surface area contributed by atoms with E-state index in [2.05, 4.69) is 11.0 Å². The van der Waals surface area contributed by atoms with E-state index in [-0.39, 0.29) is 0 Å². The minimum absolute atomic E-state index is 0.494. The summed E-state index contributed by atoms with van der Waals surface area (Å²) in [5.74, 6) is 0.494. The van der Waals surface area contributed by atoms with Gasteiger partial charge in [-0.3, -0.25) is 9.69 Å². The molecule has 1 atom stereocenters. The van der Waals surface area contributed by atoms with Gasteiger partial charge in [-0.15, -0.1) is 0 Å². The number of likely N-dealkylation sites (N-methyl/N-ethyl adjacent to an activating group) is 1. The average Bonchev–Trinajstić information content (AvgIpc) is 2.60. The van der Waals surface area contributed by atoms with E-state index in [4.69, 9.17) is 4.74 Å². The number of morpholine rings is 1. The molecule has 1 fully saturated rings. The van der Waals surface area contributed by atoms with E-state index in [1.54, 1.807) is 0 Å². The van der Waals surface area contributed by atoms with Crippen molar-refractivity contribution in [3.63, 3.8) is 0 Å². The fourth-order valence-electron chi connectivity index (χ4n) is 2.23. The van der Waals surface area contributed by atoms with Gasteiger partial charge in [0, 0.05) is 39.1 Å². The average molecular weight is 210 g/mol. The van der Waals surface area contributed by atoms with Gasteiger partial charge in [0.25, 0.3) is 0 Å². The molecule has 2 heterocycles. The number of carbonyl (C=O) groups excluding carboxylic acids is 1. The number of nitrogens with zero attached hydrogens (tertiary/aromatic N) is 2. The van der Waals surface area contributed by atoms with Gasteiger partial charge >= 0.3 is 0 Å². The molecule has 4 nitrogen and oxygen atoms in total. The number of rotatable bonds is 3. The van der Waals surface area contributed by atoms with E-state index >= 15 is 0 Å². The van der Waals surface area contributed by atoms with E-state index in [9.17, 15) is 4.79 Å². The Balaban J connectivity index is 1.85. The summed E-state index contributed by atoms with van der Waals surface area (Å²) in [6.45, 7) is 5.73. The van der Waals surface area contributed by atoms with Gasteiger partial charge in [0.1, 0.15) is 0 Å². The second-order valence-corrected chi connectivity index (χ2v) is 4.26. The maximum atomic E-state index is 10.7. The molecule has 2 aliphatic heterocycles. The molecule has 0 aromatic rings. The first-order chi connectivity index (χ1) is 7.29. The Labute approximate surface area is 90.5 Å². The summed E-state index contributed by atoms with van der Waals surface area (Å²) < 4.78 is 5.30. The lowest BCUT2D eigenvalue weighted by Gasteiger charge is -2.28. The molecular weight excluding hydrogens is 192 g/mol. The van der Waals surface area contributed by atoms with E-state index in [0.717, 1.165) is 51.4 Å². The minimum atomic E-state index is 0.494. The van der Waals surface area contributed by atoms with Crippen molar-refractivity contribution in [2.45, 2.75) is 0 Å². The Morgan fingerprint density at radius 3 is 2.87 bits per heavy atom. The van der Waals surface area contributed by atoms with Gasteiger partial charge in [-0.2, -0.15) is 0 Å². The van der Waals surface area contributed by atoms with Crippen LogP contribution in [0.15, 0.2) is 11.8 Å². The van der Waals surface area contributed by atoms with Crippen molar-refractivity contribution >= 4 is 6.29 Å². The van der Waals surface area contributed by atoms with Gasteiger partial charge in [0.05, 0.1) is 18.9 Å². The molecule has 1 unspecified atom stereocenters. The highest BCUT2D eigenvalue weighted by Crippen LogP contribution is 2.18. The maximum absolute atomic E-state index is 10.7. The SMILES string of the molecule is CN1CC(CN2CCOCC2)C=C1C=O. The van der Waals surface area contributed by atoms with E-state index in [0.29, 0.717) is 5.92 Å². The van der Waals surface area contributed by atoms with Crippen molar-refractivity contribution in [1.82, 2.24) is 9.80 Å². The van der Waals surface area contributed by atoms with Crippen molar-refractivity contribution in [3.8, 4) is 0 Å². The Bertz CT molecular complexity index is 259. The van der Waals surface area contributed by atoms with Crippen molar-refractivity contribution < 1.29 is 9.53 Å². The zero-order valence-corrected chi connectivity index (χ0v) is 9.19. The predicted octanol–water partition coefficient (Wildman–Crippen LogP) is -0.0370. The fraction of sp³-hybridized carbons (Fsp3) is 0.727. The summed E-state index contributed by atoms with van der Waals surface area (Å²) in [6.07, 6.45) is 3.03. The van der Waals surface area contributed by atoms with Crippen LogP contribution in [0.4, 0.5) is 0 Å². The molecule has 0 bridgehead atoms. The molecular formula is C11H18N2O2. The highest BCUT2D eigenvalue weighted by atomic mass is 16.5. The van der Waals surface area contributed by atoms with Gasteiger partial charge in [0.2, 0.25) is 0 Å². The summed E-state index contributed by atoms with van der Waals surface area (Å²) in [5, 5.41) is 0. The smallest absolute Gasteiger partial charge is 0.165 e. The number of aldehydes is 1. The summed E-state index contributed by atoms with van der Waals surface area (Å²) in [5.41, 5.74) is 0.827. The monoisotopic (exact) mass is 210 g/mol. The molecule has 2 rings (SSSR count). The molecule has 0 aromatic carbocycles. The molecule has 1 saturated heterocycles. The summed E-state index contributed by atoms with van der Waals surface area (Å²) in [6, 6.07) is 0. The van der Waals surface area contributed by atoms with Crippen LogP contribution in [0.25, 0.3) is 0 Å². The molecule has 0 aromatic heterocycles. The van der Waals surface area contributed by atoms with Gasteiger partial charge in [-0.25, -0.2) is 0 Å². The third-order valence-corrected chi connectivity index (χ3v) is 3.07. The maximum Gasteiger partial charge on any atom is 0.165 e. The molecule has 0 saturated carbocycles. The van der Waals surface area contributed by atoms with Crippen LogP contribution in [0.3, 0.4) is 0 Å². The van der Waals surface area contributed by atoms with Gasteiger partial charge in [-0.1, -0.05) is 6.08 Å². The second kappa shape index (κ2) is 4.77. The number of hydrogen-bond acceptors (Lipinski definition) is 4. The van der Waals surface area contributed by atoms with Crippen LogP contribution in [-0.2, 0) is 9.53 Å². The molecule has 84 valence electrons. The van der Waals surface area contributed by atoms with Crippen LogP contribution >= 0.6 is 0 Å². The van der Waals surface area contributed by atoms with E-state index in [1.165, 1.54) is 0 Å². The van der Waals surface area contributed by atoms with Crippen LogP contribution in [0.1, 0.15) is 0 Å². The number of allylic oxidation sites excluding steroid dienone is 1. The molecule has 0 amide bonds. The summed E-state index contributed by atoms with van der Waals surface area (Å²) in [7, 11) is 1.97. The molecule has 4 heteroatoms. The highest BCUT2D eigenvalue weighted by Gasteiger charge is 2.22. The largest absolute Gasteiger partial charge is 0.379 e. The van der Waals surface area contributed by atoms with E-state index in [1.807, 2.05) is 11.9 Å². The molecule has 2 aliphatic rings. The first-order valence-corrected chi connectivity index (χ1v) is 5.48. The highest BCUT2D eigenvalue weighted by molar-refractivity contribution is 5.73. The summed E-state index contributed by atoms with van der Waals surface area (Å²) in [4.78, 5) is 15.1.